The van der Waals surface area contributed by atoms with Crippen LogP contribution in [0.5, 0.6) is 0 Å². The van der Waals surface area contributed by atoms with E-state index in [0.717, 1.165) is 11.8 Å². The SMILES string of the molecule is CC.CCCCC(C)CC(C)CCCC. The quantitative estimate of drug-likeness (QED) is 0.461. The highest BCUT2D eigenvalue weighted by molar-refractivity contribution is 4.59. The van der Waals surface area contributed by atoms with Gasteiger partial charge >= 0.3 is 0 Å². The van der Waals surface area contributed by atoms with E-state index in [1.54, 1.807) is 0 Å². The molecule has 0 rings (SSSR count). The van der Waals surface area contributed by atoms with Gasteiger partial charge < -0.3 is 0 Å². The highest BCUT2D eigenvalue weighted by Crippen LogP contribution is 2.21. The Morgan fingerprint density at radius 2 is 1.07 bits per heavy atom. The van der Waals surface area contributed by atoms with Gasteiger partial charge in [0, 0.05) is 0 Å². The summed E-state index contributed by atoms with van der Waals surface area (Å²) in [6.45, 7) is 13.4. The highest BCUT2D eigenvalue weighted by atomic mass is 14.1. The van der Waals surface area contributed by atoms with E-state index in [-0.39, 0.29) is 0 Å². The Labute approximate surface area is 98.9 Å². The summed E-state index contributed by atoms with van der Waals surface area (Å²) in [6.07, 6.45) is 9.87. The van der Waals surface area contributed by atoms with Crippen molar-refractivity contribution in [3.63, 3.8) is 0 Å². The number of hydrogen-bond acceptors (Lipinski definition) is 0. The molecule has 0 heterocycles. The fourth-order valence-corrected chi connectivity index (χ4v) is 2.03. The van der Waals surface area contributed by atoms with Gasteiger partial charge in [0.25, 0.3) is 0 Å². The largest absolute Gasteiger partial charge is 0.0683 e. The van der Waals surface area contributed by atoms with E-state index >= 15 is 0 Å². The van der Waals surface area contributed by atoms with E-state index in [1.165, 1.54) is 44.9 Å². The fourth-order valence-electron chi connectivity index (χ4n) is 2.03. The second-order valence-corrected chi connectivity index (χ2v) is 4.73. The van der Waals surface area contributed by atoms with Crippen LogP contribution in [0.1, 0.15) is 86.5 Å². The van der Waals surface area contributed by atoms with Gasteiger partial charge in [0.1, 0.15) is 0 Å². The maximum Gasteiger partial charge on any atom is -0.0440 e. The van der Waals surface area contributed by atoms with E-state index < -0.39 is 0 Å². The van der Waals surface area contributed by atoms with E-state index in [4.69, 9.17) is 0 Å². The monoisotopic (exact) mass is 214 g/mol. The summed E-state index contributed by atoms with van der Waals surface area (Å²) >= 11 is 0. The summed E-state index contributed by atoms with van der Waals surface area (Å²) in [7, 11) is 0. The molecule has 0 N–H and O–H groups in total. The predicted molar refractivity (Wildman–Crippen MR) is 73.3 cm³/mol. The topological polar surface area (TPSA) is 0 Å². The van der Waals surface area contributed by atoms with Gasteiger partial charge in [-0.15, -0.1) is 0 Å². The lowest BCUT2D eigenvalue weighted by atomic mass is 9.90. The molecular formula is C15H34. The van der Waals surface area contributed by atoms with Crippen molar-refractivity contribution in [1.29, 1.82) is 0 Å². The molecule has 0 aliphatic rings. The van der Waals surface area contributed by atoms with Crippen molar-refractivity contribution in [2.45, 2.75) is 86.5 Å². The standard InChI is InChI=1S/C13H28.C2H6/c1-5-7-9-12(3)11-13(4)10-8-6-2;1-2/h12-13H,5-11H2,1-4H3;1-2H3. The van der Waals surface area contributed by atoms with Gasteiger partial charge in [0.15, 0.2) is 0 Å². The molecular weight excluding hydrogens is 180 g/mol. The zero-order valence-corrected chi connectivity index (χ0v) is 12.1. The van der Waals surface area contributed by atoms with Crippen LogP contribution in [0.3, 0.4) is 0 Å². The maximum atomic E-state index is 2.41. The molecule has 0 nitrogen and oxygen atoms in total. The molecule has 0 bridgehead atoms. The third-order valence-corrected chi connectivity index (χ3v) is 2.91. The second kappa shape index (κ2) is 14.0. The van der Waals surface area contributed by atoms with Crippen LogP contribution in [0.4, 0.5) is 0 Å². The molecule has 0 aromatic carbocycles. The zero-order chi connectivity index (χ0) is 12.1. The lowest BCUT2D eigenvalue weighted by molar-refractivity contribution is 0.363. The molecule has 0 aromatic heterocycles. The molecule has 2 atom stereocenters. The third kappa shape index (κ3) is 14.0. The van der Waals surface area contributed by atoms with Gasteiger partial charge in [-0.1, -0.05) is 80.1 Å². The number of hydrogen-bond donors (Lipinski definition) is 0. The van der Waals surface area contributed by atoms with Crippen molar-refractivity contribution in [3.05, 3.63) is 0 Å². The third-order valence-electron chi connectivity index (χ3n) is 2.91. The molecule has 0 saturated heterocycles. The average molecular weight is 214 g/mol. The Morgan fingerprint density at radius 1 is 0.733 bits per heavy atom. The zero-order valence-electron chi connectivity index (χ0n) is 12.1. The first-order valence-electron chi connectivity index (χ1n) is 7.20. The van der Waals surface area contributed by atoms with Crippen molar-refractivity contribution >= 4 is 0 Å². The molecule has 15 heavy (non-hydrogen) atoms. The minimum absolute atomic E-state index is 0.951. The van der Waals surface area contributed by atoms with E-state index in [0.29, 0.717) is 0 Å². The predicted octanol–water partition coefficient (Wildman–Crippen LogP) is 6.06. The van der Waals surface area contributed by atoms with Crippen LogP contribution in [0.15, 0.2) is 0 Å². The van der Waals surface area contributed by atoms with Crippen LogP contribution in [0, 0.1) is 11.8 Å². The summed E-state index contributed by atoms with van der Waals surface area (Å²) in [4.78, 5) is 0. The van der Waals surface area contributed by atoms with Crippen LogP contribution in [-0.2, 0) is 0 Å². The minimum Gasteiger partial charge on any atom is -0.0683 e. The van der Waals surface area contributed by atoms with Crippen molar-refractivity contribution in [3.8, 4) is 0 Å². The maximum absolute atomic E-state index is 2.41. The highest BCUT2D eigenvalue weighted by Gasteiger charge is 2.07. The number of rotatable bonds is 8. The fraction of sp³-hybridized carbons (Fsp3) is 1.00. The average Bonchev–Trinajstić information content (AvgIpc) is 2.26. The Balaban J connectivity index is 0. The van der Waals surface area contributed by atoms with Crippen LogP contribution in [0.2, 0.25) is 0 Å². The van der Waals surface area contributed by atoms with Crippen LogP contribution in [0.25, 0.3) is 0 Å². The Kier molecular flexibility index (Phi) is 16.2. The van der Waals surface area contributed by atoms with E-state index in [1.807, 2.05) is 13.8 Å². The van der Waals surface area contributed by atoms with Gasteiger partial charge in [-0.05, 0) is 18.3 Å². The summed E-state index contributed by atoms with van der Waals surface area (Å²) < 4.78 is 0. The number of unbranched alkanes of at least 4 members (excludes halogenated alkanes) is 2. The molecule has 0 saturated carbocycles. The summed E-state index contributed by atoms with van der Waals surface area (Å²) in [6, 6.07) is 0. The summed E-state index contributed by atoms with van der Waals surface area (Å²) in [5.74, 6) is 1.90. The normalized spacial score (nSPS) is 14.0. The van der Waals surface area contributed by atoms with E-state index in [2.05, 4.69) is 27.7 Å². The van der Waals surface area contributed by atoms with Crippen LogP contribution >= 0.6 is 0 Å². The van der Waals surface area contributed by atoms with Crippen LogP contribution < -0.4 is 0 Å². The van der Waals surface area contributed by atoms with Crippen LogP contribution in [-0.4, -0.2) is 0 Å². The molecule has 2 unspecified atom stereocenters. The Bertz CT molecular complexity index is 84.2. The van der Waals surface area contributed by atoms with Crippen molar-refractivity contribution < 1.29 is 0 Å². The van der Waals surface area contributed by atoms with Gasteiger partial charge in [0.05, 0.1) is 0 Å². The molecule has 0 spiro atoms. The molecule has 0 aliphatic heterocycles. The molecule has 94 valence electrons. The molecule has 0 radical (unpaired) electrons. The van der Waals surface area contributed by atoms with Crippen molar-refractivity contribution in [1.82, 2.24) is 0 Å². The lowest BCUT2D eigenvalue weighted by Gasteiger charge is -2.16. The molecule has 0 heteroatoms. The Hall–Kier alpha value is 0. The Morgan fingerprint density at radius 3 is 1.33 bits per heavy atom. The van der Waals surface area contributed by atoms with Gasteiger partial charge in [-0.25, -0.2) is 0 Å². The molecule has 0 fully saturated rings. The summed E-state index contributed by atoms with van der Waals surface area (Å²) in [5.41, 5.74) is 0. The first-order valence-corrected chi connectivity index (χ1v) is 7.20. The first kappa shape index (κ1) is 17.4. The van der Waals surface area contributed by atoms with Gasteiger partial charge in [-0.3, -0.25) is 0 Å². The lowest BCUT2D eigenvalue weighted by Crippen LogP contribution is -2.03. The van der Waals surface area contributed by atoms with Gasteiger partial charge in [-0.2, -0.15) is 0 Å². The second-order valence-electron chi connectivity index (χ2n) is 4.73. The van der Waals surface area contributed by atoms with Crippen molar-refractivity contribution in [2.75, 3.05) is 0 Å². The first-order chi connectivity index (χ1) is 7.20. The molecule has 0 amide bonds. The molecule has 0 aromatic rings. The van der Waals surface area contributed by atoms with Crippen molar-refractivity contribution in [2.24, 2.45) is 11.8 Å². The minimum atomic E-state index is 0.951. The summed E-state index contributed by atoms with van der Waals surface area (Å²) in [5, 5.41) is 0. The van der Waals surface area contributed by atoms with E-state index in [9.17, 15) is 0 Å². The molecule has 0 aliphatic carbocycles. The smallest absolute Gasteiger partial charge is 0.0440 e. The van der Waals surface area contributed by atoms with Gasteiger partial charge in [0.2, 0.25) is 0 Å².